The van der Waals surface area contributed by atoms with Crippen molar-refractivity contribution in [2.45, 2.75) is 46.5 Å². The molecule has 0 heterocycles. The summed E-state index contributed by atoms with van der Waals surface area (Å²) in [6.45, 7) is 7.50. The van der Waals surface area contributed by atoms with Crippen molar-refractivity contribution in [2.75, 3.05) is 0 Å². The minimum Gasteiger partial charge on any atom is -0.0593 e. The molecule has 5 saturated carbocycles. The van der Waals surface area contributed by atoms with Crippen molar-refractivity contribution in [1.29, 1.82) is 0 Å². The molecule has 0 aromatic rings. The molecule has 0 aliphatic heterocycles. The second kappa shape index (κ2) is 1.37. The largest absolute Gasteiger partial charge is 0.0593 e. The number of fused-ring (bicyclic) bond motifs is 1. The molecule has 5 aliphatic carbocycles. The average molecular weight is 188 g/mol. The summed E-state index contributed by atoms with van der Waals surface area (Å²) in [5, 5.41) is 0. The van der Waals surface area contributed by atoms with Gasteiger partial charge in [0.15, 0.2) is 0 Å². The third-order valence-electron chi connectivity index (χ3n) is 7.46. The molecule has 14 heavy (non-hydrogen) atoms. The molecule has 0 heteroatoms. The van der Waals surface area contributed by atoms with Gasteiger partial charge in [0.25, 0.3) is 0 Å². The molecule has 5 rings (SSSR count). The molecule has 6 atom stereocenters. The minimum atomic E-state index is 0.737. The van der Waals surface area contributed by atoms with E-state index in [0.29, 0.717) is 0 Å². The molecule has 0 radical (unpaired) electrons. The molecule has 0 saturated heterocycles. The predicted octanol–water partition coefficient (Wildman–Crippen LogP) is 3.47. The lowest BCUT2D eigenvalue weighted by molar-refractivity contribution is 0.408. The van der Waals surface area contributed by atoms with Gasteiger partial charge < -0.3 is 0 Å². The van der Waals surface area contributed by atoms with Gasteiger partial charge in [0.2, 0.25) is 0 Å². The van der Waals surface area contributed by atoms with Crippen LogP contribution in [0.4, 0.5) is 0 Å². The highest BCUT2D eigenvalue weighted by atomic mass is 15.1. The molecule has 0 nitrogen and oxygen atoms in total. The van der Waals surface area contributed by atoms with Crippen LogP contribution in [0.1, 0.15) is 46.5 Å². The van der Waals surface area contributed by atoms with E-state index in [1.54, 1.807) is 25.7 Å². The third-order valence-corrected chi connectivity index (χ3v) is 7.46. The van der Waals surface area contributed by atoms with Crippen molar-refractivity contribution in [2.24, 2.45) is 39.4 Å². The molecule has 0 aromatic heterocycles. The lowest BCUT2D eigenvalue weighted by Gasteiger charge is -2.07. The van der Waals surface area contributed by atoms with Gasteiger partial charge in [-0.1, -0.05) is 20.8 Å². The summed E-state index contributed by atoms with van der Waals surface area (Å²) >= 11 is 0. The van der Waals surface area contributed by atoms with Gasteiger partial charge in [-0.25, -0.2) is 0 Å². The van der Waals surface area contributed by atoms with Gasteiger partial charge in [0.1, 0.15) is 0 Å². The van der Waals surface area contributed by atoms with E-state index in [4.69, 9.17) is 0 Å². The van der Waals surface area contributed by atoms with Crippen molar-refractivity contribution < 1.29 is 0 Å². The zero-order valence-electron chi connectivity index (χ0n) is 9.56. The quantitative estimate of drug-likeness (QED) is 0.622. The van der Waals surface area contributed by atoms with E-state index in [-0.39, 0.29) is 0 Å². The smallest absolute Gasteiger partial charge is 0.0167 e. The highest BCUT2D eigenvalue weighted by molar-refractivity contribution is 5.51. The predicted molar refractivity (Wildman–Crippen MR) is 55.7 cm³/mol. The van der Waals surface area contributed by atoms with Crippen molar-refractivity contribution >= 4 is 0 Å². The van der Waals surface area contributed by atoms with E-state index in [2.05, 4.69) is 20.8 Å². The highest BCUT2D eigenvalue weighted by Crippen LogP contribution is 3.09. The molecular formula is C14H20. The number of hydrogen-bond donors (Lipinski definition) is 0. The van der Waals surface area contributed by atoms with Crippen LogP contribution < -0.4 is 0 Å². The highest BCUT2D eigenvalue weighted by Gasteiger charge is 3.04. The summed E-state index contributed by atoms with van der Waals surface area (Å²) in [5.41, 5.74) is 3.51. The van der Waals surface area contributed by atoms with E-state index in [1.165, 1.54) is 11.8 Å². The second-order valence-corrected chi connectivity index (χ2v) is 8.07. The Hall–Kier alpha value is 0. The van der Waals surface area contributed by atoms with Crippen LogP contribution in [0.5, 0.6) is 0 Å². The molecule has 0 amide bonds. The van der Waals surface area contributed by atoms with Crippen molar-refractivity contribution in [1.82, 2.24) is 0 Å². The third kappa shape index (κ3) is 0.447. The van der Waals surface area contributed by atoms with Crippen molar-refractivity contribution in [3.63, 3.8) is 0 Å². The molecule has 2 spiro atoms. The van der Waals surface area contributed by atoms with Gasteiger partial charge in [-0.3, -0.25) is 0 Å². The van der Waals surface area contributed by atoms with Crippen LogP contribution in [0.25, 0.3) is 0 Å². The standard InChI is InChI=1S/C14H20/c1-11(2)6-13(11)5-8(13)4-9-10-12(3)7-14(9,10)12/h8-10H,4-7H2,1-3H3. The van der Waals surface area contributed by atoms with Crippen molar-refractivity contribution in [3.05, 3.63) is 0 Å². The van der Waals surface area contributed by atoms with E-state index < -0.39 is 0 Å². The molecule has 0 bridgehead atoms. The Kier molecular flexibility index (Phi) is 0.713. The normalized spacial score (nSPS) is 77.8. The Balaban J connectivity index is 1.29. The van der Waals surface area contributed by atoms with E-state index in [9.17, 15) is 0 Å². The molecule has 0 N–H and O–H groups in total. The van der Waals surface area contributed by atoms with E-state index >= 15 is 0 Å². The molecule has 76 valence electrons. The molecule has 0 aromatic carbocycles. The molecular weight excluding hydrogens is 168 g/mol. The maximum atomic E-state index is 2.53. The van der Waals surface area contributed by atoms with Crippen LogP contribution in [0.2, 0.25) is 0 Å². The van der Waals surface area contributed by atoms with Gasteiger partial charge in [0, 0.05) is 0 Å². The van der Waals surface area contributed by atoms with Crippen LogP contribution in [-0.2, 0) is 0 Å². The van der Waals surface area contributed by atoms with Crippen LogP contribution >= 0.6 is 0 Å². The number of rotatable bonds is 2. The molecule has 5 fully saturated rings. The first-order valence-electron chi connectivity index (χ1n) is 6.48. The van der Waals surface area contributed by atoms with Crippen LogP contribution in [0.15, 0.2) is 0 Å². The Labute approximate surface area is 86.5 Å². The monoisotopic (exact) mass is 188 g/mol. The fourth-order valence-corrected chi connectivity index (χ4v) is 6.04. The van der Waals surface area contributed by atoms with Gasteiger partial charge in [0.05, 0.1) is 0 Å². The summed E-state index contributed by atoms with van der Waals surface area (Å²) in [6, 6.07) is 0. The first-order valence-corrected chi connectivity index (χ1v) is 6.48. The molecule has 5 aliphatic rings. The summed E-state index contributed by atoms with van der Waals surface area (Å²) in [6.07, 6.45) is 6.38. The van der Waals surface area contributed by atoms with Crippen LogP contribution in [0, 0.1) is 39.4 Å². The summed E-state index contributed by atoms with van der Waals surface area (Å²) in [7, 11) is 0. The summed E-state index contributed by atoms with van der Waals surface area (Å²) in [5.74, 6) is 3.61. The zero-order valence-corrected chi connectivity index (χ0v) is 9.56. The Morgan fingerprint density at radius 3 is 2.14 bits per heavy atom. The Bertz CT molecular complexity index is 381. The Morgan fingerprint density at radius 1 is 1.14 bits per heavy atom. The lowest BCUT2D eigenvalue weighted by Crippen LogP contribution is -2.01. The maximum absolute atomic E-state index is 2.53. The molecule has 6 unspecified atom stereocenters. The maximum Gasteiger partial charge on any atom is -0.0167 e. The summed E-state index contributed by atoms with van der Waals surface area (Å²) < 4.78 is 0. The van der Waals surface area contributed by atoms with Crippen LogP contribution in [-0.4, -0.2) is 0 Å². The lowest BCUT2D eigenvalue weighted by atomic mass is 9.97. The summed E-state index contributed by atoms with van der Waals surface area (Å²) in [4.78, 5) is 0. The van der Waals surface area contributed by atoms with Crippen LogP contribution in [0.3, 0.4) is 0 Å². The van der Waals surface area contributed by atoms with Gasteiger partial charge in [-0.2, -0.15) is 0 Å². The van der Waals surface area contributed by atoms with Gasteiger partial charge >= 0.3 is 0 Å². The first-order chi connectivity index (χ1) is 6.48. The van der Waals surface area contributed by atoms with E-state index in [1.807, 2.05) is 0 Å². The average Bonchev–Trinajstić information content (AvgIpc) is 2.88. The second-order valence-electron chi connectivity index (χ2n) is 8.07. The minimum absolute atomic E-state index is 0.737. The fraction of sp³-hybridized carbons (Fsp3) is 1.00. The SMILES string of the molecule is CC1(C)CC12CC2CC1C2C3(C)CC123. The zero-order chi connectivity index (χ0) is 9.56. The van der Waals surface area contributed by atoms with Crippen molar-refractivity contribution in [3.8, 4) is 0 Å². The topological polar surface area (TPSA) is 0 Å². The Morgan fingerprint density at radius 2 is 1.79 bits per heavy atom. The van der Waals surface area contributed by atoms with E-state index in [0.717, 1.165) is 27.6 Å². The first kappa shape index (κ1) is 7.30. The van der Waals surface area contributed by atoms with Gasteiger partial charge in [-0.15, -0.1) is 0 Å². The number of hydrogen-bond acceptors (Lipinski definition) is 0. The van der Waals surface area contributed by atoms with Gasteiger partial charge in [-0.05, 0) is 65.1 Å². The fourth-order valence-electron chi connectivity index (χ4n) is 6.04.